The Kier molecular flexibility index (Phi) is 5.95. The third-order valence-electron chi connectivity index (χ3n) is 4.85. The molecule has 1 aromatic carbocycles. The van der Waals surface area contributed by atoms with Gasteiger partial charge in [-0.1, -0.05) is 18.5 Å². The topological polar surface area (TPSA) is 72.4 Å². The van der Waals surface area contributed by atoms with Crippen LogP contribution in [-0.2, 0) is 10.5 Å². The minimum absolute atomic E-state index is 0.0517. The zero-order valence-corrected chi connectivity index (χ0v) is 16.6. The predicted molar refractivity (Wildman–Crippen MR) is 106 cm³/mol. The molecule has 1 fully saturated rings. The normalized spacial score (nSPS) is 21.2. The van der Waals surface area contributed by atoms with E-state index in [0.29, 0.717) is 29.0 Å². The molecule has 5 nitrogen and oxygen atoms in total. The molecule has 0 saturated carbocycles. The standard InChI is InChI=1S/C19H24ClN3O2S/c1-13(18(24)23-8-7-19(2,11-21)12-23)26-10-17-22-9-16(25-17)14-3-5-15(20)6-4-14/h3-6,9,13H,7-8,10-12,21H2,1-2H3. The highest BCUT2D eigenvalue weighted by Crippen LogP contribution is 2.31. The molecule has 1 aliphatic heterocycles. The second-order valence-corrected chi connectivity index (χ2v) is 8.87. The quantitative estimate of drug-likeness (QED) is 0.807. The molecular weight excluding hydrogens is 370 g/mol. The van der Waals surface area contributed by atoms with E-state index in [4.69, 9.17) is 21.8 Å². The first-order chi connectivity index (χ1) is 12.4. The maximum Gasteiger partial charge on any atom is 0.235 e. The number of carbonyl (C=O) groups excluding carboxylic acids is 1. The largest absolute Gasteiger partial charge is 0.440 e. The summed E-state index contributed by atoms with van der Waals surface area (Å²) >= 11 is 7.45. The van der Waals surface area contributed by atoms with Gasteiger partial charge in [-0.15, -0.1) is 11.8 Å². The Labute approximate surface area is 163 Å². The minimum Gasteiger partial charge on any atom is -0.440 e. The number of amides is 1. The lowest BCUT2D eigenvalue weighted by Crippen LogP contribution is -2.38. The Bertz CT molecular complexity index is 764. The number of hydrogen-bond acceptors (Lipinski definition) is 5. The molecule has 0 aliphatic carbocycles. The number of nitrogens with two attached hydrogens (primary N) is 1. The lowest BCUT2D eigenvalue weighted by Gasteiger charge is -2.24. The van der Waals surface area contributed by atoms with Crippen LogP contribution in [0.5, 0.6) is 0 Å². The summed E-state index contributed by atoms with van der Waals surface area (Å²) in [6.07, 6.45) is 2.68. The second-order valence-electron chi connectivity index (χ2n) is 7.10. The number of nitrogens with zero attached hydrogens (tertiary/aromatic N) is 2. The first kappa shape index (κ1) is 19.3. The van der Waals surface area contributed by atoms with Crippen LogP contribution in [0.15, 0.2) is 34.9 Å². The fourth-order valence-corrected chi connectivity index (χ4v) is 3.97. The minimum atomic E-state index is -0.138. The smallest absolute Gasteiger partial charge is 0.235 e. The summed E-state index contributed by atoms with van der Waals surface area (Å²) in [5.74, 6) is 2.04. The highest BCUT2D eigenvalue weighted by Gasteiger charge is 2.36. The van der Waals surface area contributed by atoms with Crippen molar-refractivity contribution in [3.63, 3.8) is 0 Å². The van der Waals surface area contributed by atoms with Crippen LogP contribution in [0.1, 0.15) is 26.2 Å². The van der Waals surface area contributed by atoms with Gasteiger partial charge in [0.15, 0.2) is 5.76 Å². The van der Waals surface area contributed by atoms with Crippen LogP contribution in [-0.4, -0.2) is 40.7 Å². The lowest BCUT2D eigenvalue weighted by atomic mass is 9.90. The van der Waals surface area contributed by atoms with Crippen molar-refractivity contribution in [1.29, 1.82) is 0 Å². The molecule has 140 valence electrons. The molecule has 1 amide bonds. The van der Waals surface area contributed by atoms with Crippen LogP contribution in [0.2, 0.25) is 5.02 Å². The van der Waals surface area contributed by atoms with E-state index in [-0.39, 0.29) is 16.6 Å². The zero-order chi connectivity index (χ0) is 18.7. The Morgan fingerprint density at radius 1 is 1.46 bits per heavy atom. The van der Waals surface area contributed by atoms with Crippen molar-refractivity contribution < 1.29 is 9.21 Å². The van der Waals surface area contributed by atoms with E-state index in [1.807, 2.05) is 36.1 Å². The van der Waals surface area contributed by atoms with Gasteiger partial charge in [0.25, 0.3) is 0 Å². The number of halogens is 1. The van der Waals surface area contributed by atoms with Gasteiger partial charge in [-0.2, -0.15) is 0 Å². The summed E-state index contributed by atoms with van der Waals surface area (Å²) in [6, 6.07) is 7.43. The second kappa shape index (κ2) is 8.03. The van der Waals surface area contributed by atoms with Crippen molar-refractivity contribution in [3.8, 4) is 11.3 Å². The number of hydrogen-bond donors (Lipinski definition) is 1. The fraction of sp³-hybridized carbons (Fsp3) is 0.474. The predicted octanol–water partition coefficient (Wildman–Crippen LogP) is 3.81. The van der Waals surface area contributed by atoms with Crippen LogP contribution in [0, 0.1) is 5.41 Å². The Morgan fingerprint density at radius 2 is 2.19 bits per heavy atom. The monoisotopic (exact) mass is 393 g/mol. The van der Waals surface area contributed by atoms with Gasteiger partial charge < -0.3 is 15.1 Å². The molecule has 0 radical (unpaired) electrons. The van der Waals surface area contributed by atoms with E-state index < -0.39 is 0 Å². The van der Waals surface area contributed by atoms with Crippen LogP contribution in [0.25, 0.3) is 11.3 Å². The first-order valence-electron chi connectivity index (χ1n) is 8.71. The van der Waals surface area contributed by atoms with Gasteiger partial charge in [-0.3, -0.25) is 4.79 Å². The Morgan fingerprint density at radius 3 is 2.85 bits per heavy atom. The number of likely N-dealkylation sites (tertiary alicyclic amines) is 1. The SMILES string of the molecule is CC(SCc1ncc(-c2ccc(Cl)cc2)o1)C(=O)N1CCC(C)(CN)C1. The van der Waals surface area contributed by atoms with E-state index in [1.165, 1.54) is 0 Å². The summed E-state index contributed by atoms with van der Waals surface area (Å²) in [7, 11) is 0. The van der Waals surface area contributed by atoms with Gasteiger partial charge in [0.05, 0.1) is 17.2 Å². The van der Waals surface area contributed by atoms with E-state index in [2.05, 4.69) is 11.9 Å². The third-order valence-corrected chi connectivity index (χ3v) is 6.22. The van der Waals surface area contributed by atoms with E-state index in [0.717, 1.165) is 25.1 Å². The van der Waals surface area contributed by atoms with Crippen molar-refractivity contribution in [1.82, 2.24) is 9.88 Å². The molecule has 1 aliphatic rings. The van der Waals surface area contributed by atoms with Crippen LogP contribution >= 0.6 is 23.4 Å². The molecule has 0 bridgehead atoms. The third kappa shape index (κ3) is 4.42. The number of rotatable bonds is 6. The van der Waals surface area contributed by atoms with Crippen molar-refractivity contribution in [2.24, 2.45) is 11.1 Å². The molecule has 3 rings (SSSR count). The van der Waals surface area contributed by atoms with Crippen LogP contribution < -0.4 is 5.73 Å². The van der Waals surface area contributed by atoms with E-state index >= 15 is 0 Å². The van der Waals surface area contributed by atoms with Crippen molar-refractivity contribution in [2.75, 3.05) is 19.6 Å². The van der Waals surface area contributed by atoms with Crippen molar-refractivity contribution >= 4 is 29.3 Å². The van der Waals surface area contributed by atoms with Gasteiger partial charge in [0.2, 0.25) is 11.8 Å². The summed E-state index contributed by atoms with van der Waals surface area (Å²) in [6.45, 7) is 6.23. The summed E-state index contributed by atoms with van der Waals surface area (Å²) in [4.78, 5) is 18.9. The van der Waals surface area contributed by atoms with E-state index in [9.17, 15) is 4.79 Å². The molecule has 2 aromatic rings. The van der Waals surface area contributed by atoms with Gasteiger partial charge in [-0.25, -0.2) is 4.98 Å². The maximum absolute atomic E-state index is 12.6. The number of benzene rings is 1. The van der Waals surface area contributed by atoms with Crippen LogP contribution in [0.3, 0.4) is 0 Å². The zero-order valence-electron chi connectivity index (χ0n) is 15.1. The molecule has 1 aromatic heterocycles. The molecule has 7 heteroatoms. The Balaban J connectivity index is 1.54. The van der Waals surface area contributed by atoms with Gasteiger partial charge in [-0.05, 0) is 49.6 Å². The average molecular weight is 394 g/mol. The number of carbonyl (C=O) groups is 1. The molecule has 2 heterocycles. The van der Waals surface area contributed by atoms with Gasteiger partial charge in [0.1, 0.15) is 0 Å². The van der Waals surface area contributed by atoms with Gasteiger partial charge in [0, 0.05) is 23.7 Å². The lowest BCUT2D eigenvalue weighted by molar-refractivity contribution is -0.129. The molecule has 1 saturated heterocycles. The average Bonchev–Trinajstić information content (AvgIpc) is 3.27. The van der Waals surface area contributed by atoms with E-state index in [1.54, 1.807) is 18.0 Å². The van der Waals surface area contributed by atoms with Gasteiger partial charge >= 0.3 is 0 Å². The molecule has 2 N–H and O–H groups in total. The van der Waals surface area contributed by atoms with Crippen molar-refractivity contribution in [2.45, 2.75) is 31.3 Å². The Hall–Kier alpha value is -1.50. The highest BCUT2D eigenvalue weighted by molar-refractivity contribution is 7.99. The number of aromatic nitrogens is 1. The molecule has 2 atom stereocenters. The number of oxazole rings is 1. The molecule has 0 spiro atoms. The fourth-order valence-electron chi connectivity index (χ4n) is 3.03. The maximum atomic E-state index is 12.6. The molecule has 2 unspecified atom stereocenters. The highest BCUT2D eigenvalue weighted by atomic mass is 35.5. The van der Waals surface area contributed by atoms with Crippen LogP contribution in [0.4, 0.5) is 0 Å². The summed E-state index contributed by atoms with van der Waals surface area (Å²) in [5.41, 5.74) is 6.81. The molecule has 26 heavy (non-hydrogen) atoms. The summed E-state index contributed by atoms with van der Waals surface area (Å²) < 4.78 is 5.80. The first-order valence-corrected chi connectivity index (χ1v) is 10.1. The summed E-state index contributed by atoms with van der Waals surface area (Å²) in [5, 5.41) is 0.546. The van der Waals surface area contributed by atoms with Crippen molar-refractivity contribution in [3.05, 3.63) is 41.4 Å². The molecular formula is C19H24ClN3O2S. The number of thioether (sulfide) groups is 1.